The van der Waals surface area contributed by atoms with Crippen LogP contribution in [0.5, 0.6) is 0 Å². The molecule has 2 aliphatic carbocycles. The van der Waals surface area contributed by atoms with Crippen LogP contribution < -0.4 is 0 Å². The second-order valence-electron chi connectivity index (χ2n) is 13.4. The summed E-state index contributed by atoms with van der Waals surface area (Å²) in [6, 6.07) is 14.6. The molecular formula is C40H44F8S2. The zero-order chi connectivity index (χ0) is 36.1. The number of rotatable bonds is 8. The van der Waals surface area contributed by atoms with Gasteiger partial charge in [-0.05, 0) is 116 Å². The summed E-state index contributed by atoms with van der Waals surface area (Å²) in [6.07, 6.45) is 5.86. The molecule has 0 N–H and O–H groups in total. The normalized spacial score (nSPS) is 19.9. The van der Waals surface area contributed by atoms with Crippen molar-refractivity contribution in [3.05, 3.63) is 99.3 Å². The van der Waals surface area contributed by atoms with E-state index >= 15 is 0 Å². The molecule has 0 amide bonds. The molecule has 50 heavy (non-hydrogen) atoms. The van der Waals surface area contributed by atoms with Crippen LogP contribution >= 0.6 is 22.7 Å². The quantitative estimate of drug-likeness (QED) is 0.158. The van der Waals surface area contributed by atoms with E-state index in [2.05, 4.69) is 19.9 Å². The first-order chi connectivity index (χ1) is 23.8. The van der Waals surface area contributed by atoms with Crippen molar-refractivity contribution in [1.29, 1.82) is 0 Å². The van der Waals surface area contributed by atoms with Crippen LogP contribution in [-0.2, 0) is 12.4 Å². The zero-order valence-electron chi connectivity index (χ0n) is 28.2. The minimum atomic E-state index is -4.39. The fourth-order valence-corrected chi connectivity index (χ4v) is 8.98. The molecule has 1 unspecified atom stereocenters. The first-order valence-corrected chi connectivity index (χ1v) is 19.0. The third kappa shape index (κ3) is 9.66. The molecule has 0 saturated heterocycles. The summed E-state index contributed by atoms with van der Waals surface area (Å²) in [5.74, 6) is 0.973. The van der Waals surface area contributed by atoms with E-state index in [1.165, 1.54) is 62.8 Å². The maximum Gasteiger partial charge on any atom is 0.425 e. The Morgan fingerprint density at radius 3 is 1.64 bits per heavy atom. The van der Waals surface area contributed by atoms with Crippen molar-refractivity contribution in [2.75, 3.05) is 0 Å². The molecule has 1 atom stereocenters. The average molecular weight is 741 g/mol. The summed E-state index contributed by atoms with van der Waals surface area (Å²) in [6.45, 7) is 4.39. The van der Waals surface area contributed by atoms with Gasteiger partial charge in [0.1, 0.15) is 21.4 Å². The lowest BCUT2D eigenvalue weighted by Crippen LogP contribution is -2.13. The van der Waals surface area contributed by atoms with E-state index in [0.29, 0.717) is 44.3 Å². The molecule has 0 spiro atoms. The minimum Gasteiger partial charge on any atom is -0.206 e. The molecule has 0 bridgehead atoms. The van der Waals surface area contributed by atoms with E-state index in [0.717, 1.165) is 66.9 Å². The number of allylic oxidation sites excluding steroid dienone is 2. The maximum atomic E-state index is 14.5. The molecule has 0 aliphatic heterocycles. The van der Waals surface area contributed by atoms with E-state index in [4.69, 9.17) is 0 Å². The van der Waals surface area contributed by atoms with Crippen molar-refractivity contribution in [2.24, 2.45) is 11.8 Å². The third-order valence-electron chi connectivity index (χ3n) is 9.87. The van der Waals surface area contributed by atoms with Crippen molar-refractivity contribution in [3.8, 4) is 20.9 Å². The van der Waals surface area contributed by atoms with Gasteiger partial charge in [0, 0.05) is 22.3 Å². The smallest absolute Gasteiger partial charge is 0.206 e. The first kappa shape index (κ1) is 38.3. The molecule has 4 aromatic rings. The second kappa shape index (κ2) is 16.6. The number of halogens is 8. The van der Waals surface area contributed by atoms with Crippen molar-refractivity contribution in [3.63, 3.8) is 0 Å². The van der Waals surface area contributed by atoms with Crippen molar-refractivity contribution in [1.82, 2.24) is 0 Å². The molecule has 10 heteroatoms. The van der Waals surface area contributed by atoms with Gasteiger partial charge in [-0.2, -0.15) is 26.3 Å². The molecule has 0 nitrogen and oxygen atoms in total. The van der Waals surface area contributed by atoms with Crippen molar-refractivity contribution >= 4 is 28.2 Å². The number of hydrogen-bond acceptors (Lipinski definition) is 2. The monoisotopic (exact) mass is 740 g/mol. The standard InChI is InChI=1S/C20H22F4S.C20H20F4S.H2/c2*1-2-3-13-4-6-14(7-5-13)15-8-9-16(17(21)12-15)18-10-11-19(25-18)20(22,23)24;/h8-14H,2-7H2,1H3;6,8-13H,2-5,7H2,1H3;1H. The summed E-state index contributed by atoms with van der Waals surface area (Å²) in [7, 11) is 0. The molecule has 2 aromatic carbocycles. The third-order valence-corrected chi connectivity index (χ3v) is 12.2. The molecule has 2 heterocycles. The summed E-state index contributed by atoms with van der Waals surface area (Å²) in [5, 5.41) is 0. The summed E-state index contributed by atoms with van der Waals surface area (Å²) >= 11 is 1.16. The van der Waals surface area contributed by atoms with Crippen LogP contribution in [0.15, 0.2) is 66.7 Å². The Morgan fingerprint density at radius 1 is 0.640 bits per heavy atom. The Labute approximate surface area is 298 Å². The van der Waals surface area contributed by atoms with Gasteiger partial charge < -0.3 is 0 Å². The Bertz CT molecular complexity index is 1740. The van der Waals surface area contributed by atoms with Gasteiger partial charge in [-0.3, -0.25) is 0 Å². The Balaban J connectivity index is 0.000000224. The van der Waals surface area contributed by atoms with E-state index in [-0.39, 0.29) is 12.6 Å². The van der Waals surface area contributed by atoms with Gasteiger partial charge in [0.25, 0.3) is 0 Å². The molecule has 6 rings (SSSR count). The predicted molar refractivity (Wildman–Crippen MR) is 191 cm³/mol. The minimum absolute atomic E-state index is 0. The fourth-order valence-electron chi connectivity index (χ4n) is 7.18. The van der Waals surface area contributed by atoms with E-state index in [1.54, 1.807) is 12.1 Å². The highest BCUT2D eigenvalue weighted by Gasteiger charge is 2.34. The molecule has 0 radical (unpaired) electrons. The molecule has 1 saturated carbocycles. The van der Waals surface area contributed by atoms with Crippen LogP contribution in [0.2, 0.25) is 0 Å². The van der Waals surface area contributed by atoms with Gasteiger partial charge in [0.05, 0.1) is 0 Å². The van der Waals surface area contributed by atoms with E-state index in [9.17, 15) is 35.1 Å². The second-order valence-corrected chi connectivity index (χ2v) is 15.6. The van der Waals surface area contributed by atoms with Gasteiger partial charge in [0.2, 0.25) is 0 Å². The summed E-state index contributed by atoms with van der Waals surface area (Å²) < 4.78 is 105. The zero-order valence-corrected chi connectivity index (χ0v) is 29.8. The molecular weight excluding hydrogens is 697 g/mol. The van der Waals surface area contributed by atoms with Gasteiger partial charge in [-0.25, -0.2) is 8.78 Å². The molecule has 2 aliphatic rings. The van der Waals surface area contributed by atoms with Gasteiger partial charge in [0.15, 0.2) is 0 Å². The molecule has 2 aromatic heterocycles. The summed E-state index contributed by atoms with van der Waals surface area (Å²) in [4.78, 5) is -0.775. The number of benzene rings is 2. The van der Waals surface area contributed by atoms with Crippen LogP contribution in [0, 0.1) is 23.5 Å². The predicted octanol–water partition coefficient (Wildman–Crippen LogP) is 15.4. The lowest BCUT2D eigenvalue weighted by Gasteiger charge is -2.28. The van der Waals surface area contributed by atoms with Gasteiger partial charge in [-0.15, -0.1) is 22.7 Å². The van der Waals surface area contributed by atoms with Crippen molar-refractivity contribution < 1.29 is 36.5 Å². The van der Waals surface area contributed by atoms with Crippen LogP contribution in [0.3, 0.4) is 0 Å². The molecule has 1 fully saturated rings. The lowest BCUT2D eigenvalue weighted by atomic mass is 9.77. The van der Waals surface area contributed by atoms with Gasteiger partial charge >= 0.3 is 12.4 Å². The lowest BCUT2D eigenvalue weighted by molar-refractivity contribution is -0.135. The largest absolute Gasteiger partial charge is 0.425 e. The Morgan fingerprint density at radius 2 is 1.18 bits per heavy atom. The maximum absolute atomic E-state index is 14.5. The molecule has 272 valence electrons. The SMILES string of the molecule is CCCC1CC=C(c2ccc(-c3ccc(C(F)(F)F)s3)c(F)c2)CC1.CCCC1CCC(c2ccc(-c3ccc(C(F)(F)F)s3)c(F)c2)CC1.[HH]. The number of thiophene rings is 2. The first-order valence-electron chi connectivity index (χ1n) is 17.4. The number of alkyl halides is 6. The Hall–Kier alpha value is -2.98. The van der Waals surface area contributed by atoms with Gasteiger partial charge in [-0.1, -0.05) is 69.9 Å². The van der Waals surface area contributed by atoms with Crippen molar-refractivity contribution in [2.45, 2.75) is 103 Å². The fraction of sp³-hybridized carbons (Fsp3) is 0.450. The average Bonchev–Trinajstić information content (AvgIpc) is 3.78. The van der Waals surface area contributed by atoms with Crippen LogP contribution in [0.25, 0.3) is 26.5 Å². The van der Waals surface area contributed by atoms with E-state index < -0.39 is 33.7 Å². The van der Waals surface area contributed by atoms with E-state index in [1.807, 2.05) is 12.1 Å². The highest BCUT2D eigenvalue weighted by Crippen LogP contribution is 2.43. The summed E-state index contributed by atoms with van der Waals surface area (Å²) in [5.41, 5.74) is 3.43. The van der Waals surface area contributed by atoms with Crippen LogP contribution in [0.1, 0.15) is 113 Å². The topological polar surface area (TPSA) is 0 Å². The Kier molecular flexibility index (Phi) is 12.7. The number of hydrogen-bond donors (Lipinski definition) is 0. The highest BCUT2D eigenvalue weighted by atomic mass is 32.1. The van der Waals surface area contributed by atoms with Crippen LogP contribution in [0.4, 0.5) is 35.1 Å². The van der Waals surface area contributed by atoms with Crippen LogP contribution in [-0.4, -0.2) is 0 Å². The highest BCUT2D eigenvalue weighted by molar-refractivity contribution is 7.15.